The fraction of sp³-hybridized carbons (Fsp3) is 0.943. The fourth-order valence-corrected chi connectivity index (χ4v) is 12.0. The topological polar surface area (TPSA) is 237 Å². The summed E-state index contributed by atoms with van der Waals surface area (Å²) in [6.07, 6.45) is 41.6. The van der Waals surface area contributed by atoms with Gasteiger partial charge in [0.15, 0.2) is 12.2 Å². The lowest BCUT2D eigenvalue weighted by molar-refractivity contribution is -0.161. The van der Waals surface area contributed by atoms with Crippen LogP contribution < -0.4 is 0 Å². The first kappa shape index (κ1) is 87.1. The summed E-state index contributed by atoms with van der Waals surface area (Å²) in [4.78, 5) is 72.5. The summed E-state index contributed by atoms with van der Waals surface area (Å²) in [5.41, 5.74) is 0. The van der Waals surface area contributed by atoms with Crippen molar-refractivity contribution in [1.29, 1.82) is 0 Å². The van der Waals surface area contributed by atoms with Gasteiger partial charge in [-0.05, 0) is 49.4 Å². The van der Waals surface area contributed by atoms with Gasteiger partial charge >= 0.3 is 39.5 Å². The molecule has 0 bridgehead atoms. The van der Waals surface area contributed by atoms with Gasteiger partial charge in [0.1, 0.15) is 19.3 Å². The van der Waals surface area contributed by atoms with Gasteiger partial charge in [0, 0.05) is 25.7 Å². The van der Waals surface area contributed by atoms with Crippen molar-refractivity contribution in [2.24, 2.45) is 23.7 Å². The Morgan fingerprint density at radius 3 is 0.798 bits per heavy atom. The van der Waals surface area contributed by atoms with E-state index < -0.39 is 97.5 Å². The molecule has 0 aromatic heterocycles. The molecule has 0 aliphatic rings. The van der Waals surface area contributed by atoms with Gasteiger partial charge < -0.3 is 33.8 Å². The number of ether oxygens (including phenoxy) is 4. The second kappa shape index (κ2) is 59.8. The molecule has 0 spiro atoms. The number of unbranched alkanes of at least 4 members (excludes halogenated alkanes) is 31. The van der Waals surface area contributed by atoms with Crippen LogP contribution in [0.4, 0.5) is 0 Å². The number of carbonyl (C=O) groups excluding carboxylic acids is 4. The van der Waals surface area contributed by atoms with Gasteiger partial charge in [-0.3, -0.25) is 37.3 Å². The zero-order valence-corrected chi connectivity index (χ0v) is 59.8. The van der Waals surface area contributed by atoms with Gasteiger partial charge in [0.2, 0.25) is 0 Å². The molecule has 89 heavy (non-hydrogen) atoms. The van der Waals surface area contributed by atoms with Crippen molar-refractivity contribution < 1.29 is 80.2 Å². The van der Waals surface area contributed by atoms with Crippen LogP contribution in [0.25, 0.3) is 0 Å². The molecule has 7 atom stereocenters. The quantitative estimate of drug-likeness (QED) is 0.0222. The number of aliphatic hydroxyl groups excluding tert-OH is 1. The predicted octanol–water partition coefficient (Wildman–Crippen LogP) is 19.7. The van der Waals surface area contributed by atoms with Crippen molar-refractivity contribution in [3.8, 4) is 0 Å². The Bertz CT molecular complexity index is 1770. The van der Waals surface area contributed by atoms with E-state index in [0.717, 1.165) is 114 Å². The minimum Gasteiger partial charge on any atom is -0.462 e. The van der Waals surface area contributed by atoms with E-state index in [2.05, 4.69) is 55.4 Å². The number of aliphatic hydroxyl groups is 1. The molecule has 0 aliphatic carbocycles. The first-order chi connectivity index (χ1) is 42.7. The second-order valence-electron chi connectivity index (χ2n) is 26.7. The third kappa shape index (κ3) is 62.0. The number of hydrogen-bond donors (Lipinski definition) is 3. The molecule has 0 amide bonds. The molecule has 0 radical (unpaired) electrons. The summed E-state index contributed by atoms with van der Waals surface area (Å²) in [6.45, 7) is 14.1. The van der Waals surface area contributed by atoms with Crippen LogP contribution in [-0.2, 0) is 65.4 Å². The number of phosphoric acid groups is 2. The highest BCUT2D eigenvalue weighted by Gasteiger charge is 2.30. The van der Waals surface area contributed by atoms with Gasteiger partial charge in [0.05, 0.1) is 26.4 Å². The fourth-order valence-electron chi connectivity index (χ4n) is 10.4. The molecule has 5 unspecified atom stereocenters. The standard InChI is InChI=1S/C70H136O17P2/c1-9-62(7)48-40-32-24-15-11-13-17-27-36-44-52-69(74)86-65(56-80-67(72)50-42-34-26-20-19-22-30-38-46-60(3)4)58-84-88(76,77)82-54-64(71)55-83-89(78,79)85-59-66(57-81-68(73)51-43-35-29-21-23-31-39-47-61(5)6)87-70(75)53-45-37-28-18-14-12-16-25-33-41-49-63(8)10-2/h60-66,71H,9-59H2,1-8H3,(H,76,77)(H,78,79)/t62?,63?,64?,65-,66-/m1/s1. The van der Waals surface area contributed by atoms with Crippen LogP contribution >= 0.6 is 15.6 Å². The summed E-state index contributed by atoms with van der Waals surface area (Å²) in [5, 5.41) is 10.6. The monoisotopic (exact) mass is 1310 g/mol. The molecule has 0 fully saturated rings. The van der Waals surface area contributed by atoms with Crippen LogP contribution in [0.3, 0.4) is 0 Å². The third-order valence-corrected chi connectivity index (χ3v) is 18.7. The molecule has 0 aromatic rings. The third-order valence-electron chi connectivity index (χ3n) is 16.8. The van der Waals surface area contributed by atoms with Gasteiger partial charge in [-0.25, -0.2) is 9.13 Å². The van der Waals surface area contributed by atoms with Crippen LogP contribution in [0.15, 0.2) is 0 Å². The average Bonchev–Trinajstić information content (AvgIpc) is 3.63. The maximum absolute atomic E-state index is 13.0. The zero-order valence-electron chi connectivity index (χ0n) is 58.1. The second-order valence-corrected chi connectivity index (χ2v) is 29.6. The van der Waals surface area contributed by atoms with Crippen molar-refractivity contribution in [3.05, 3.63) is 0 Å². The van der Waals surface area contributed by atoms with Gasteiger partial charge in [-0.2, -0.15) is 0 Å². The van der Waals surface area contributed by atoms with E-state index in [0.29, 0.717) is 31.6 Å². The predicted molar refractivity (Wildman–Crippen MR) is 358 cm³/mol. The summed E-state index contributed by atoms with van der Waals surface area (Å²) in [7, 11) is -9.90. The van der Waals surface area contributed by atoms with E-state index in [-0.39, 0.29) is 25.7 Å². The molecule has 0 saturated heterocycles. The Morgan fingerprint density at radius 1 is 0.315 bits per heavy atom. The molecule has 0 aliphatic heterocycles. The van der Waals surface area contributed by atoms with E-state index in [1.807, 2.05) is 0 Å². The van der Waals surface area contributed by atoms with Gasteiger partial charge in [-0.15, -0.1) is 0 Å². The highest BCUT2D eigenvalue weighted by molar-refractivity contribution is 7.47. The van der Waals surface area contributed by atoms with Crippen LogP contribution in [-0.4, -0.2) is 96.7 Å². The number of rotatable bonds is 67. The lowest BCUT2D eigenvalue weighted by Crippen LogP contribution is -2.30. The molecular weight excluding hydrogens is 1170 g/mol. The maximum Gasteiger partial charge on any atom is 0.472 e. The highest BCUT2D eigenvalue weighted by atomic mass is 31.2. The Morgan fingerprint density at radius 2 is 0.539 bits per heavy atom. The van der Waals surface area contributed by atoms with Gasteiger partial charge in [0.25, 0.3) is 0 Å². The molecular formula is C70H136O17P2. The zero-order chi connectivity index (χ0) is 66.1. The number of phosphoric ester groups is 2. The Balaban J connectivity index is 5.27. The van der Waals surface area contributed by atoms with Crippen LogP contribution in [0.5, 0.6) is 0 Å². The van der Waals surface area contributed by atoms with Crippen molar-refractivity contribution in [2.45, 2.75) is 363 Å². The molecule has 17 nitrogen and oxygen atoms in total. The largest absolute Gasteiger partial charge is 0.472 e. The molecule has 0 saturated carbocycles. The molecule has 19 heteroatoms. The van der Waals surface area contributed by atoms with Crippen molar-refractivity contribution >= 4 is 39.5 Å². The normalized spacial score (nSPS) is 14.9. The highest BCUT2D eigenvalue weighted by Crippen LogP contribution is 2.45. The van der Waals surface area contributed by atoms with Crippen LogP contribution in [0, 0.1) is 23.7 Å². The molecule has 0 aromatic carbocycles. The van der Waals surface area contributed by atoms with Crippen molar-refractivity contribution in [1.82, 2.24) is 0 Å². The van der Waals surface area contributed by atoms with Crippen molar-refractivity contribution in [3.63, 3.8) is 0 Å². The first-order valence-corrected chi connectivity index (χ1v) is 39.3. The number of hydrogen-bond acceptors (Lipinski definition) is 15. The van der Waals surface area contributed by atoms with E-state index in [9.17, 15) is 43.2 Å². The van der Waals surface area contributed by atoms with Gasteiger partial charge in [-0.1, -0.05) is 293 Å². The SMILES string of the molecule is CCC(C)CCCCCCCCCCCCC(=O)O[C@H](COC(=O)CCCCCCCCCCC(C)C)COP(=O)(O)OCC(O)COP(=O)(O)OC[C@@H](COC(=O)CCCCCCCCCC(C)C)OC(=O)CCCCCCCCCCCCC(C)CC. The van der Waals surface area contributed by atoms with E-state index in [1.165, 1.54) is 141 Å². The Kier molecular flexibility index (Phi) is 58.5. The Labute approximate surface area is 543 Å². The summed E-state index contributed by atoms with van der Waals surface area (Å²) >= 11 is 0. The molecule has 0 rings (SSSR count). The number of esters is 4. The van der Waals surface area contributed by atoms with E-state index in [4.69, 9.17) is 37.0 Å². The van der Waals surface area contributed by atoms with Crippen LogP contribution in [0.1, 0.15) is 344 Å². The summed E-state index contributed by atoms with van der Waals surface area (Å²) in [6, 6.07) is 0. The van der Waals surface area contributed by atoms with Crippen molar-refractivity contribution in [2.75, 3.05) is 39.6 Å². The summed E-state index contributed by atoms with van der Waals surface area (Å²) < 4.78 is 68.3. The van der Waals surface area contributed by atoms with E-state index in [1.54, 1.807) is 0 Å². The average molecular weight is 1310 g/mol. The minimum absolute atomic E-state index is 0.105. The maximum atomic E-state index is 13.0. The molecule has 3 N–H and O–H groups in total. The van der Waals surface area contributed by atoms with E-state index >= 15 is 0 Å². The lowest BCUT2D eigenvalue weighted by Gasteiger charge is -2.21. The minimum atomic E-state index is -4.95. The first-order valence-electron chi connectivity index (χ1n) is 36.3. The number of carbonyl (C=O) groups is 4. The smallest absolute Gasteiger partial charge is 0.462 e. The van der Waals surface area contributed by atoms with Crippen LogP contribution in [0.2, 0.25) is 0 Å². The molecule has 528 valence electrons. The molecule has 0 heterocycles. The summed E-state index contributed by atoms with van der Waals surface area (Å²) in [5.74, 6) is 0.907. The lowest BCUT2D eigenvalue weighted by atomic mass is 9.99. The Hall–Kier alpha value is -1.94.